The van der Waals surface area contributed by atoms with E-state index in [1.54, 1.807) is 18.4 Å². The third kappa shape index (κ3) is 5.79. The summed E-state index contributed by atoms with van der Waals surface area (Å²) >= 11 is 1.73. The van der Waals surface area contributed by atoms with Gasteiger partial charge in [-0.25, -0.2) is 4.98 Å². The summed E-state index contributed by atoms with van der Waals surface area (Å²) in [5.74, 6) is 1.04. The molecule has 0 unspecified atom stereocenters. The molecule has 1 aromatic heterocycles. The van der Waals surface area contributed by atoms with Crippen LogP contribution in [0.3, 0.4) is 0 Å². The number of thiazole rings is 1. The van der Waals surface area contributed by atoms with E-state index in [4.69, 9.17) is 0 Å². The molecule has 6 nitrogen and oxygen atoms in total. The highest BCUT2D eigenvalue weighted by Gasteiger charge is 2.19. The van der Waals surface area contributed by atoms with Crippen molar-refractivity contribution in [1.29, 1.82) is 0 Å². The van der Waals surface area contributed by atoms with Gasteiger partial charge < -0.3 is 15.5 Å². The maximum atomic E-state index is 11.8. The number of aryl methyl sites for hydroxylation is 1. The van der Waals surface area contributed by atoms with Gasteiger partial charge in [0.15, 0.2) is 5.96 Å². The lowest BCUT2D eigenvalue weighted by atomic mass is 10.1. The monoisotopic (exact) mass is 385 g/mol. The zero-order valence-electron chi connectivity index (χ0n) is 16.0. The van der Waals surface area contributed by atoms with Crippen LogP contribution in [-0.4, -0.2) is 41.9 Å². The van der Waals surface area contributed by atoms with Gasteiger partial charge in [-0.2, -0.15) is 0 Å². The SMILES string of the molecule is CN=C(NCCc1ncc(C)s1)NCc1cccc(CN2CCCC2=O)c1. The second kappa shape index (κ2) is 9.50. The zero-order valence-corrected chi connectivity index (χ0v) is 16.8. The smallest absolute Gasteiger partial charge is 0.222 e. The van der Waals surface area contributed by atoms with Crippen LogP contribution in [0.25, 0.3) is 0 Å². The molecule has 3 rings (SSSR count). The molecule has 2 aromatic rings. The van der Waals surface area contributed by atoms with Crippen LogP contribution in [0.4, 0.5) is 0 Å². The summed E-state index contributed by atoms with van der Waals surface area (Å²) in [6.07, 6.45) is 4.46. The molecule has 1 saturated heterocycles. The summed E-state index contributed by atoms with van der Waals surface area (Å²) in [7, 11) is 1.78. The van der Waals surface area contributed by atoms with Crippen molar-refractivity contribution >= 4 is 23.2 Å². The molecule has 1 aliphatic rings. The van der Waals surface area contributed by atoms with Crippen molar-refractivity contribution in [2.75, 3.05) is 20.1 Å². The van der Waals surface area contributed by atoms with Crippen LogP contribution in [0.1, 0.15) is 33.9 Å². The predicted molar refractivity (Wildman–Crippen MR) is 110 cm³/mol. The number of hydrogen-bond donors (Lipinski definition) is 2. The molecule has 2 heterocycles. The Morgan fingerprint density at radius 2 is 2.19 bits per heavy atom. The first-order valence-corrected chi connectivity index (χ1v) is 10.2. The van der Waals surface area contributed by atoms with E-state index >= 15 is 0 Å². The lowest BCUT2D eigenvalue weighted by molar-refractivity contribution is -0.128. The fourth-order valence-corrected chi connectivity index (χ4v) is 3.93. The molecule has 0 spiro atoms. The minimum atomic E-state index is 0.263. The Hall–Kier alpha value is -2.41. The fourth-order valence-electron chi connectivity index (χ4n) is 3.14. The van der Waals surface area contributed by atoms with Gasteiger partial charge in [0, 0.05) is 57.1 Å². The Morgan fingerprint density at radius 3 is 2.89 bits per heavy atom. The fraction of sp³-hybridized carbons (Fsp3) is 0.450. The van der Waals surface area contributed by atoms with E-state index in [1.807, 2.05) is 17.2 Å². The van der Waals surface area contributed by atoms with Gasteiger partial charge in [0.1, 0.15) is 0 Å². The topological polar surface area (TPSA) is 69.6 Å². The molecule has 1 aromatic carbocycles. The van der Waals surface area contributed by atoms with Crippen LogP contribution in [0.5, 0.6) is 0 Å². The van der Waals surface area contributed by atoms with Gasteiger partial charge in [-0.15, -0.1) is 11.3 Å². The van der Waals surface area contributed by atoms with Crippen LogP contribution < -0.4 is 10.6 Å². The molecule has 27 heavy (non-hydrogen) atoms. The Bertz CT molecular complexity index is 801. The minimum absolute atomic E-state index is 0.263. The quantitative estimate of drug-likeness (QED) is 0.567. The number of nitrogens with one attached hydrogen (secondary N) is 2. The number of rotatable bonds is 7. The van der Waals surface area contributed by atoms with Crippen molar-refractivity contribution in [3.8, 4) is 0 Å². The van der Waals surface area contributed by atoms with E-state index in [2.05, 4.69) is 45.7 Å². The molecule has 0 saturated carbocycles. The number of aromatic nitrogens is 1. The van der Waals surface area contributed by atoms with Crippen molar-refractivity contribution in [1.82, 2.24) is 20.5 Å². The van der Waals surface area contributed by atoms with Gasteiger partial charge in [-0.3, -0.25) is 9.79 Å². The van der Waals surface area contributed by atoms with E-state index in [-0.39, 0.29) is 5.91 Å². The van der Waals surface area contributed by atoms with Crippen molar-refractivity contribution in [2.45, 2.75) is 39.3 Å². The van der Waals surface area contributed by atoms with Gasteiger partial charge in [0.05, 0.1) is 5.01 Å². The summed E-state index contributed by atoms with van der Waals surface area (Å²) in [4.78, 5) is 23.6. The Labute approximate surface area is 164 Å². The Balaban J connectivity index is 1.46. The minimum Gasteiger partial charge on any atom is -0.356 e. The summed E-state index contributed by atoms with van der Waals surface area (Å²) < 4.78 is 0. The third-order valence-corrected chi connectivity index (χ3v) is 5.49. The predicted octanol–water partition coefficient (Wildman–Crippen LogP) is 2.48. The molecular formula is C20H27N5OS. The van der Waals surface area contributed by atoms with Gasteiger partial charge >= 0.3 is 0 Å². The van der Waals surface area contributed by atoms with E-state index in [0.717, 1.165) is 36.9 Å². The molecule has 0 atom stereocenters. The van der Waals surface area contributed by atoms with E-state index in [0.29, 0.717) is 19.5 Å². The number of benzene rings is 1. The summed E-state index contributed by atoms with van der Waals surface area (Å²) in [5.41, 5.74) is 2.35. The van der Waals surface area contributed by atoms with Gasteiger partial charge in [-0.05, 0) is 24.5 Å². The standard InChI is InChI=1S/C20H27N5OS/c1-15-12-23-18(27-15)8-9-22-20(21-2)24-13-16-5-3-6-17(11-16)14-25-10-4-7-19(25)26/h3,5-6,11-12H,4,7-10,13-14H2,1-2H3,(H2,21,22,24). The third-order valence-electron chi connectivity index (χ3n) is 4.52. The first-order chi connectivity index (χ1) is 13.1. The first kappa shape index (κ1) is 19.4. The van der Waals surface area contributed by atoms with Crippen molar-refractivity contribution in [3.63, 3.8) is 0 Å². The van der Waals surface area contributed by atoms with E-state index in [1.165, 1.54) is 16.0 Å². The van der Waals surface area contributed by atoms with Gasteiger partial charge in [-0.1, -0.05) is 24.3 Å². The van der Waals surface area contributed by atoms with Crippen LogP contribution >= 0.6 is 11.3 Å². The first-order valence-electron chi connectivity index (χ1n) is 9.35. The molecule has 1 fully saturated rings. The molecule has 144 valence electrons. The number of carbonyl (C=O) groups excluding carboxylic acids is 1. The Morgan fingerprint density at radius 1 is 1.33 bits per heavy atom. The number of carbonyl (C=O) groups is 1. The second-order valence-electron chi connectivity index (χ2n) is 6.71. The molecular weight excluding hydrogens is 358 g/mol. The number of likely N-dealkylation sites (tertiary alicyclic amines) is 1. The van der Waals surface area contributed by atoms with Crippen LogP contribution in [-0.2, 0) is 24.3 Å². The Kier molecular flexibility index (Phi) is 6.81. The number of guanidine groups is 1. The van der Waals surface area contributed by atoms with Crippen molar-refractivity contribution < 1.29 is 4.79 Å². The second-order valence-corrected chi connectivity index (χ2v) is 8.03. The zero-order chi connectivity index (χ0) is 19.1. The van der Waals surface area contributed by atoms with Gasteiger partial charge in [0.2, 0.25) is 5.91 Å². The molecule has 1 aliphatic heterocycles. The largest absolute Gasteiger partial charge is 0.356 e. The highest BCUT2D eigenvalue weighted by Crippen LogP contribution is 2.15. The van der Waals surface area contributed by atoms with Crippen LogP contribution in [0.15, 0.2) is 35.5 Å². The molecule has 7 heteroatoms. The number of nitrogens with zero attached hydrogens (tertiary/aromatic N) is 3. The maximum Gasteiger partial charge on any atom is 0.222 e. The molecule has 0 bridgehead atoms. The highest BCUT2D eigenvalue weighted by atomic mass is 32.1. The molecule has 0 aliphatic carbocycles. The molecule has 0 radical (unpaired) electrons. The number of hydrogen-bond acceptors (Lipinski definition) is 4. The highest BCUT2D eigenvalue weighted by molar-refractivity contribution is 7.11. The summed E-state index contributed by atoms with van der Waals surface area (Å²) in [6, 6.07) is 8.38. The molecule has 2 N–H and O–H groups in total. The van der Waals surface area contributed by atoms with Crippen LogP contribution in [0, 0.1) is 6.92 Å². The van der Waals surface area contributed by atoms with Crippen molar-refractivity contribution in [3.05, 3.63) is 51.5 Å². The van der Waals surface area contributed by atoms with Crippen molar-refractivity contribution in [2.24, 2.45) is 4.99 Å². The number of amides is 1. The normalized spacial score (nSPS) is 14.7. The maximum absolute atomic E-state index is 11.8. The summed E-state index contributed by atoms with van der Waals surface area (Å²) in [5, 5.41) is 7.82. The average Bonchev–Trinajstić information content (AvgIpc) is 3.26. The lowest BCUT2D eigenvalue weighted by Crippen LogP contribution is -2.37. The number of aliphatic imine (C=N–C) groups is 1. The van der Waals surface area contributed by atoms with Crippen LogP contribution in [0.2, 0.25) is 0 Å². The lowest BCUT2D eigenvalue weighted by Gasteiger charge is -2.16. The summed E-state index contributed by atoms with van der Waals surface area (Å²) in [6.45, 7) is 5.13. The van der Waals surface area contributed by atoms with E-state index in [9.17, 15) is 4.79 Å². The average molecular weight is 386 g/mol. The van der Waals surface area contributed by atoms with Gasteiger partial charge in [0.25, 0.3) is 0 Å². The van der Waals surface area contributed by atoms with E-state index < -0.39 is 0 Å². The molecule has 1 amide bonds.